The van der Waals surface area contributed by atoms with Gasteiger partial charge in [0.05, 0.1) is 12.7 Å². The van der Waals surface area contributed by atoms with E-state index in [2.05, 4.69) is 20.1 Å². The fourth-order valence-corrected chi connectivity index (χ4v) is 1.56. The number of aromatic nitrogens is 4. The first-order chi connectivity index (χ1) is 7.63. The molecular formula is C10H15N5O. The van der Waals surface area contributed by atoms with E-state index < -0.39 is 0 Å². The molecule has 0 aromatic carbocycles. The first-order valence-corrected chi connectivity index (χ1v) is 5.09. The first kappa shape index (κ1) is 10.8. The molecule has 0 unspecified atom stereocenters. The van der Waals surface area contributed by atoms with Crippen LogP contribution >= 0.6 is 0 Å². The lowest BCUT2D eigenvalue weighted by molar-refractivity contribution is 0.260. The fraction of sp³-hybridized carbons (Fsp3) is 0.500. The van der Waals surface area contributed by atoms with E-state index in [0.717, 1.165) is 6.54 Å². The largest absolute Gasteiger partial charge is 0.338 e. The molecule has 0 radical (unpaired) electrons. The van der Waals surface area contributed by atoms with E-state index in [9.17, 15) is 0 Å². The zero-order chi connectivity index (χ0) is 11.5. The molecule has 0 N–H and O–H groups in total. The van der Waals surface area contributed by atoms with E-state index in [1.807, 2.05) is 33.4 Å². The van der Waals surface area contributed by atoms with E-state index in [-0.39, 0.29) is 0 Å². The summed E-state index contributed by atoms with van der Waals surface area (Å²) in [5.41, 5.74) is 1.17. The summed E-state index contributed by atoms with van der Waals surface area (Å²) in [6, 6.07) is 0. The van der Waals surface area contributed by atoms with Crippen LogP contribution < -0.4 is 0 Å². The quantitative estimate of drug-likeness (QED) is 0.762. The van der Waals surface area contributed by atoms with Crippen molar-refractivity contribution < 1.29 is 4.52 Å². The smallest absolute Gasteiger partial charge is 0.240 e. The predicted octanol–water partition coefficient (Wildman–Crippen LogP) is 0.744. The van der Waals surface area contributed by atoms with Crippen molar-refractivity contribution in [2.24, 2.45) is 7.05 Å². The summed E-state index contributed by atoms with van der Waals surface area (Å²) >= 11 is 0. The Morgan fingerprint density at radius 1 is 1.44 bits per heavy atom. The summed E-state index contributed by atoms with van der Waals surface area (Å²) in [5, 5.41) is 7.87. The average Bonchev–Trinajstić information content (AvgIpc) is 2.76. The Morgan fingerprint density at radius 2 is 2.25 bits per heavy atom. The molecule has 2 heterocycles. The van der Waals surface area contributed by atoms with Gasteiger partial charge in [0, 0.05) is 25.4 Å². The lowest BCUT2D eigenvalue weighted by atomic mass is 10.3. The van der Waals surface area contributed by atoms with Gasteiger partial charge in [-0.2, -0.15) is 10.1 Å². The third-order valence-electron chi connectivity index (χ3n) is 2.19. The highest BCUT2D eigenvalue weighted by Crippen LogP contribution is 2.05. The fourth-order valence-electron chi connectivity index (χ4n) is 1.56. The topological polar surface area (TPSA) is 60.0 Å². The number of hydrogen-bond donors (Lipinski definition) is 0. The minimum atomic E-state index is 0.642. The highest BCUT2D eigenvalue weighted by molar-refractivity contribution is 5.03. The van der Waals surface area contributed by atoms with Gasteiger partial charge < -0.3 is 4.52 Å². The number of hydrogen-bond acceptors (Lipinski definition) is 5. The second kappa shape index (κ2) is 4.44. The molecule has 2 aromatic heterocycles. The predicted molar refractivity (Wildman–Crippen MR) is 57.4 cm³/mol. The Labute approximate surface area is 93.9 Å². The Morgan fingerprint density at radius 3 is 2.81 bits per heavy atom. The Balaban J connectivity index is 1.91. The van der Waals surface area contributed by atoms with Gasteiger partial charge in [0.1, 0.15) is 0 Å². The first-order valence-electron chi connectivity index (χ1n) is 5.09. The van der Waals surface area contributed by atoms with Gasteiger partial charge >= 0.3 is 0 Å². The van der Waals surface area contributed by atoms with E-state index in [4.69, 9.17) is 4.52 Å². The van der Waals surface area contributed by atoms with Gasteiger partial charge in [-0.3, -0.25) is 9.58 Å². The van der Waals surface area contributed by atoms with Gasteiger partial charge in [0.2, 0.25) is 5.89 Å². The van der Waals surface area contributed by atoms with Crippen LogP contribution in [0.1, 0.15) is 17.3 Å². The molecule has 0 saturated carbocycles. The second-order valence-corrected chi connectivity index (χ2v) is 3.93. The molecule has 2 rings (SSSR count). The van der Waals surface area contributed by atoms with Crippen LogP contribution in [0.2, 0.25) is 0 Å². The molecule has 6 nitrogen and oxygen atoms in total. The van der Waals surface area contributed by atoms with E-state index in [1.54, 1.807) is 4.68 Å². The van der Waals surface area contributed by atoms with Crippen molar-refractivity contribution in [3.63, 3.8) is 0 Å². The molecule has 0 amide bonds. The third-order valence-corrected chi connectivity index (χ3v) is 2.19. The van der Waals surface area contributed by atoms with Crippen LogP contribution in [-0.4, -0.2) is 31.9 Å². The average molecular weight is 221 g/mol. The van der Waals surface area contributed by atoms with Crippen LogP contribution in [0.5, 0.6) is 0 Å². The standard InChI is InChI=1S/C10H15N5O/c1-8-12-10(16-13-8)7-14(2)5-9-4-11-15(3)6-9/h4,6H,5,7H2,1-3H3. The van der Waals surface area contributed by atoms with Crippen LogP contribution in [0.25, 0.3) is 0 Å². The number of nitrogens with zero attached hydrogens (tertiary/aromatic N) is 5. The minimum Gasteiger partial charge on any atom is -0.338 e. The molecule has 0 aliphatic rings. The molecular weight excluding hydrogens is 206 g/mol. The van der Waals surface area contributed by atoms with Gasteiger partial charge in [-0.15, -0.1) is 0 Å². The minimum absolute atomic E-state index is 0.642. The van der Waals surface area contributed by atoms with Crippen LogP contribution in [0, 0.1) is 6.92 Å². The summed E-state index contributed by atoms with van der Waals surface area (Å²) in [6.07, 6.45) is 3.85. The normalized spacial score (nSPS) is 11.2. The molecule has 86 valence electrons. The van der Waals surface area contributed by atoms with Crippen molar-refractivity contribution in [1.29, 1.82) is 0 Å². The van der Waals surface area contributed by atoms with Crippen molar-refractivity contribution in [2.75, 3.05) is 7.05 Å². The van der Waals surface area contributed by atoms with Gasteiger partial charge in [-0.1, -0.05) is 5.16 Å². The zero-order valence-corrected chi connectivity index (χ0v) is 9.71. The molecule has 0 bridgehead atoms. The summed E-state index contributed by atoms with van der Waals surface area (Å²) in [7, 11) is 3.91. The molecule has 0 atom stereocenters. The molecule has 0 saturated heterocycles. The van der Waals surface area contributed by atoms with Crippen molar-refractivity contribution in [3.8, 4) is 0 Å². The highest BCUT2D eigenvalue weighted by Gasteiger charge is 2.08. The highest BCUT2D eigenvalue weighted by atomic mass is 16.5. The summed E-state index contributed by atoms with van der Waals surface area (Å²) in [5.74, 6) is 1.31. The number of aryl methyl sites for hydroxylation is 2. The molecule has 0 fully saturated rings. The van der Waals surface area contributed by atoms with Crippen LogP contribution in [0.15, 0.2) is 16.9 Å². The second-order valence-electron chi connectivity index (χ2n) is 3.93. The van der Waals surface area contributed by atoms with E-state index >= 15 is 0 Å². The maximum Gasteiger partial charge on any atom is 0.240 e. The lowest BCUT2D eigenvalue weighted by Gasteiger charge is -2.12. The summed E-state index contributed by atoms with van der Waals surface area (Å²) < 4.78 is 6.85. The maximum absolute atomic E-state index is 5.05. The van der Waals surface area contributed by atoms with Gasteiger partial charge in [0.15, 0.2) is 5.82 Å². The molecule has 2 aromatic rings. The van der Waals surface area contributed by atoms with Crippen LogP contribution in [0.4, 0.5) is 0 Å². The maximum atomic E-state index is 5.05. The molecule has 16 heavy (non-hydrogen) atoms. The van der Waals surface area contributed by atoms with Crippen molar-refractivity contribution >= 4 is 0 Å². The Kier molecular flexibility index (Phi) is 3.00. The number of rotatable bonds is 4. The van der Waals surface area contributed by atoms with Crippen molar-refractivity contribution in [2.45, 2.75) is 20.0 Å². The van der Waals surface area contributed by atoms with Gasteiger partial charge in [-0.05, 0) is 14.0 Å². The third kappa shape index (κ3) is 2.66. The van der Waals surface area contributed by atoms with Crippen molar-refractivity contribution in [1.82, 2.24) is 24.8 Å². The van der Waals surface area contributed by atoms with Gasteiger partial charge in [0.25, 0.3) is 0 Å². The van der Waals surface area contributed by atoms with Crippen molar-refractivity contribution in [3.05, 3.63) is 29.7 Å². The van der Waals surface area contributed by atoms with Crippen LogP contribution in [0.3, 0.4) is 0 Å². The monoisotopic (exact) mass is 221 g/mol. The lowest BCUT2D eigenvalue weighted by Crippen LogP contribution is -2.17. The van der Waals surface area contributed by atoms with Crippen LogP contribution in [-0.2, 0) is 20.1 Å². The Bertz CT molecular complexity index is 419. The Hall–Kier alpha value is -1.69. The summed E-state index contributed by atoms with van der Waals surface area (Å²) in [4.78, 5) is 6.26. The van der Waals surface area contributed by atoms with E-state index in [0.29, 0.717) is 18.3 Å². The molecule has 0 aliphatic heterocycles. The van der Waals surface area contributed by atoms with E-state index in [1.165, 1.54) is 5.56 Å². The molecule has 0 aliphatic carbocycles. The zero-order valence-electron chi connectivity index (χ0n) is 9.71. The SMILES string of the molecule is Cc1noc(CN(C)Cc2cnn(C)c2)n1. The molecule has 0 spiro atoms. The van der Waals surface area contributed by atoms with Gasteiger partial charge in [-0.25, -0.2) is 0 Å². The molecule has 6 heteroatoms. The summed E-state index contributed by atoms with van der Waals surface area (Å²) in [6.45, 7) is 3.28.